The average Bonchev–Trinajstić information content (AvgIpc) is 3.95. The van der Waals surface area contributed by atoms with Gasteiger partial charge in [-0.25, -0.2) is 4.98 Å². The Labute approximate surface area is 393 Å². The molecule has 5 nitrogen and oxygen atoms in total. The normalized spacial score (nSPS) is 11.5. The highest BCUT2D eigenvalue weighted by molar-refractivity contribution is 6.26. The van der Waals surface area contributed by atoms with Crippen LogP contribution in [0.4, 0.5) is 0 Å². The highest BCUT2D eigenvalue weighted by atomic mass is 15.2. The van der Waals surface area contributed by atoms with Gasteiger partial charge < -0.3 is 4.57 Å². The van der Waals surface area contributed by atoms with Crippen molar-refractivity contribution in [3.8, 4) is 78.9 Å². The molecule has 0 fully saturated rings. The molecule has 13 aromatic rings. The Morgan fingerprint density at radius 1 is 0.265 bits per heavy atom. The van der Waals surface area contributed by atoms with Gasteiger partial charge in [0.05, 0.1) is 27.8 Å². The summed E-state index contributed by atoms with van der Waals surface area (Å²) in [6.07, 6.45) is 0. The molecule has 318 valence electrons. The first kappa shape index (κ1) is 39.2. The molecule has 10 aromatic carbocycles. The van der Waals surface area contributed by atoms with Gasteiger partial charge in [0.25, 0.3) is 0 Å². The van der Waals surface area contributed by atoms with Crippen molar-refractivity contribution >= 4 is 43.6 Å². The lowest BCUT2D eigenvalue weighted by Crippen LogP contribution is -2.06. The highest BCUT2D eigenvalue weighted by Crippen LogP contribution is 2.44. The van der Waals surface area contributed by atoms with Crippen LogP contribution >= 0.6 is 0 Å². The van der Waals surface area contributed by atoms with Gasteiger partial charge in [-0.2, -0.15) is 9.97 Å². The number of nitrogens with zero attached hydrogens (tertiary/aromatic N) is 5. The smallest absolute Gasteiger partial charge is 0.238 e. The molecule has 0 aliphatic heterocycles. The summed E-state index contributed by atoms with van der Waals surface area (Å²) in [6.45, 7) is 0. The van der Waals surface area contributed by atoms with Gasteiger partial charge in [0.1, 0.15) is 0 Å². The second-order valence-corrected chi connectivity index (χ2v) is 17.2. The lowest BCUT2D eigenvalue weighted by atomic mass is 9.94. The topological polar surface area (TPSA) is 48.5 Å². The van der Waals surface area contributed by atoms with Crippen LogP contribution < -0.4 is 0 Å². The van der Waals surface area contributed by atoms with E-state index >= 15 is 0 Å². The fraction of sp³-hybridized carbons (Fsp3) is 0. The predicted molar refractivity (Wildman–Crippen MR) is 281 cm³/mol. The quantitative estimate of drug-likeness (QED) is 0.153. The fourth-order valence-corrected chi connectivity index (χ4v) is 10.0. The van der Waals surface area contributed by atoms with Gasteiger partial charge in [0, 0.05) is 38.2 Å². The van der Waals surface area contributed by atoms with Gasteiger partial charge in [0.15, 0.2) is 11.6 Å². The number of aromatic nitrogens is 5. The largest absolute Gasteiger partial charge is 0.308 e. The van der Waals surface area contributed by atoms with Crippen LogP contribution in [0.3, 0.4) is 0 Å². The summed E-state index contributed by atoms with van der Waals surface area (Å²) in [5, 5.41) is 4.59. The molecule has 3 heterocycles. The van der Waals surface area contributed by atoms with Crippen molar-refractivity contribution in [1.29, 1.82) is 0 Å². The minimum Gasteiger partial charge on any atom is -0.308 e. The minimum absolute atomic E-state index is 0.554. The summed E-state index contributed by atoms with van der Waals surface area (Å²) in [7, 11) is 0. The van der Waals surface area contributed by atoms with Gasteiger partial charge >= 0.3 is 0 Å². The molecule has 0 amide bonds. The number of rotatable bonds is 8. The Morgan fingerprint density at radius 3 is 1.37 bits per heavy atom. The van der Waals surface area contributed by atoms with E-state index in [0.717, 1.165) is 77.5 Å². The van der Waals surface area contributed by atoms with Crippen molar-refractivity contribution in [1.82, 2.24) is 24.1 Å². The SMILES string of the molecule is c1ccc(-c2cccc(-c3nc(-c4ccccc4)nc(-n4c5ccccc5c5c4ccc4c6ccccc6n(-c6ccc(-c7ccccc7)cc6-c6cccc(-c7ccccc7)c6)c45)n3)c2)cc1. The van der Waals surface area contributed by atoms with Crippen LogP contribution in [0.1, 0.15) is 0 Å². The number of hydrogen-bond acceptors (Lipinski definition) is 3. The maximum atomic E-state index is 5.37. The Morgan fingerprint density at radius 2 is 0.735 bits per heavy atom. The monoisotopic (exact) mass is 867 g/mol. The van der Waals surface area contributed by atoms with Crippen LogP contribution in [0, 0.1) is 0 Å². The zero-order valence-electron chi connectivity index (χ0n) is 36.9. The number of benzene rings is 10. The van der Waals surface area contributed by atoms with Crippen molar-refractivity contribution in [2.75, 3.05) is 0 Å². The van der Waals surface area contributed by atoms with Crippen LogP contribution in [-0.2, 0) is 0 Å². The van der Waals surface area contributed by atoms with Gasteiger partial charge in [-0.15, -0.1) is 0 Å². The van der Waals surface area contributed by atoms with E-state index in [-0.39, 0.29) is 0 Å². The van der Waals surface area contributed by atoms with Crippen LogP contribution in [0.25, 0.3) is 123 Å². The highest BCUT2D eigenvalue weighted by Gasteiger charge is 2.24. The van der Waals surface area contributed by atoms with E-state index in [9.17, 15) is 0 Å². The van der Waals surface area contributed by atoms with E-state index in [1.54, 1.807) is 0 Å². The van der Waals surface area contributed by atoms with Gasteiger partial charge in [0.2, 0.25) is 5.95 Å². The molecule has 13 rings (SSSR count). The molecule has 0 atom stereocenters. The molecule has 0 radical (unpaired) electrons. The number of fused-ring (bicyclic) bond motifs is 7. The molecule has 68 heavy (non-hydrogen) atoms. The Kier molecular flexibility index (Phi) is 9.43. The van der Waals surface area contributed by atoms with Crippen molar-refractivity contribution < 1.29 is 0 Å². The first-order valence-corrected chi connectivity index (χ1v) is 23.0. The van der Waals surface area contributed by atoms with E-state index in [0.29, 0.717) is 17.6 Å². The third-order valence-electron chi connectivity index (χ3n) is 13.2. The maximum Gasteiger partial charge on any atom is 0.238 e. The molecule has 0 unspecified atom stereocenters. The molecule has 3 aromatic heterocycles. The lowest BCUT2D eigenvalue weighted by Gasteiger charge is -2.17. The van der Waals surface area contributed by atoms with Crippen molar-refractivity contribution in [2.45, 2.75) is 0 Å². The van der Waals surface area contributed by atoms with Gasteiger partial charge in [-0.3, -0.25) is 4.57 Å². The average molecular weight is 868 g/mol. The number of hydrogen-bond donors (Lipinski definition) is 0. The summed E-state index contributed by atoms with van der Waals surface area (Å²) >= 11 is 0. The Balaban J connectivity index is 1.10. The van der Waals surface area contributed by atoms with Crippen LogP contribution in [-0.4, -0.2) is 24.1 Å². The summed E-state index contributed by atoms with van der Waals surface area (Å²) in [6, 6.07) is 88.3. The van der Waals surface area contributed by atoms with E-state index in [4.69, 9.17) is 15.0 Å². The lowest BCUT2D eigenvalue weighted by molar-refractivity contribution is 0.953. The Bertz CT molecular complexity index is 4010. The minimum atomic E-state index is 0.554. The molecule has 0 saturated carbocycles. The van der Waals surface area contributed by atoms with Gasteiger partial charge in [-0.05, 0) is 81.4 Å². The first-order chi connectivity index (χ1) is 33.7. The number of para-hydroxylation sites is 2. The first-order valence-electron chi connectivity index (χ1n) is 23.0. The molecule has 0 N–H and O–H groups in total. The van der Waals surface area contributed by atoms with Crippen LogP contribution in [0.5, 0.6) is 0 Å². The zero-order chi connectivity index (χ0) is 45.0. The molecule has 0 aliphatic carbocycles. The third kappa shape index (κ3) is 6.68. The van der Waals surface area contributed by atoms with Gasteiger partial charge in [-0.1, -0.05) is 206 Å². The molecule has 5 heteroatoms. The summed E-state index contributed by atoms with van der Waals surface area (Å²) in [5.74, 6) is 1.77. The maximum absolute atomic E-state index is 5.37. The molecule has 0 spiro atoms. The summed E-state index contributed by atoms with van der Waals surface area (Å²) < 4.78 is 4.72. The van der Waals surface area contributed by atoms with Crippen LogP contribution in [0.2, 0.25) is 0 Å². The molecule has 0 bridgehead atoms. The van der Waals surface area contributed by atoms with E-state index < -0.39 is 0 Å². The molecular formula is C63H41N5. The second-order valence-electron chi connectivity index (χ2n) is 17.2. The molecule has 0 saturated heterocycles. The van der Waals surface area contributed by atoms with E-state index in [1.165, 1.54) is 27.5 Å². The van der Waals surface area contributed by atoms with E-state index in [2.05, 4.69) is 234 Å². The fourth-order valence-electron chi connectivity index (χ4n) is 10.0. The van der Waals surface area contributed by atoms with Crippen molar-refractivity contribution in [3.63, 3.8) is 0 Å². The van der Waals surface area contributed by atoms with Crippen LogP contribution in [0.15, 0.2) is 249 Å². The second kappa shape index (κ2) is 16.4. The van der Waals surface area contributed by atoms with Crippen molar-refractivity contribution in [2.24, 2.45) is 0 Å². The van der Waals surface area contributed by atoms with E-state index in [1.807, 2.05) is 24.3 Å². The third-order valence-corrected chi connectivity index (χ3v) is 13.2. The molecule has 0 aliphatic rings. The van der Waals surface area contributed by atoms with Crippen molar-refractivity contribution in [3.05, 3.63) is 249 Å². The predicted octanol–water partition coefficient (Wildman–Crippen LogP) is 16.1. The summed E-state index contributed by atoms with van der Waals surface area (Å²) in [4.78, 5) is 15.8. The zero-order valence-corrected chi connectivity index (χ0v) is 36.9. The molecular weight excluding hydrogens is 827 g/mol. The summed E-state index contributed by atoms with van der Waals surface area (Å²) in [5.41, 5.74) is 16.4. The standard InChI is InChI=1S/C63H41N5/c1-5-19-42(20-6-1)46-27-17-29-49(39-46)54-41-48(44-23-9-3-10-24-44)35-37-57(54)67-55-33-15-13-31-51(55)52-36-38-58-59(60(52)67)53-32-14-16-34-56(53)68(58)63-65-61(45-25-11-4-12-26-45)64-62(66-63)50-30-18-28-47(40-50)43-21-7-2-8-22-43/h1-41H. The Hall–Kier alpha value is -9.19.